The van der Waals surface area contributed by atoms with Crippen LogP contribution in [0.5, 0.6) is 0 Å². The van der Waals surface area contributed by atoms with Crippen molar-refractivity contribution in [3.05, 3.63) is 59.9 Å². The van der Waals surface area contributed by atoms with Crippen molar-refractivity contribution >= 4 is 11.6 Å². The van der Waals surface area contributed by atoms with Crippen molar-refractivity contribution in [1.29, 1.82) is 0 Å². The standard InChI is InChI=1S/C15H15N3O/c16-13-9-17-7-6-11(13)15(19)18-14-8-12(14)10-4-2-1-3-5-10/h1-7,9,12,14H,8,16H2,(H,18,19). The molecule has 4 heteroatoms. The number of nitrogens with one attached hydrogen (secondary N) is 1. The molecule has 0 saturated heterocycles. The highest BCUT2D eigenvalue weighted by molar-refractivity contribution is 5.99. The van der Waals surface area contributed by atoms with Gasteiger partial charge in [0, 0.05) is 18.2 Å². The first-order chi connectivity index (χ1) is 9.25. The molecule has 1 amide bonds. The van der Waals surface area contributed by atoms with Crippen molar-refractivity contribution in [3.63, 3.8) is 0 Å². The minimum Gasteiger partial charge on any atom is -0.397 e. The highest BCUT2D eigenvalue weighted by Gasteiger charge is 2.39. The third-order valence-corrected chi connectivity index (χ3v) is 3.43. The van der Waals surface area contributed by atoms with Gasteiger partial charge in [0.15, 0.2) is 0 Å². The fraction of sp³-hybridized carbons (Fsp3) is 0.200. The Labute approximate surface area is 111 Å². The molecule has 1 aromatic heterocycles. The Hall–Kier alpha value is -2.36. The van der Waals surface area contributed by atoms with Crippen LogP contribution in [0.4, 0.5) is 5.69 Å². The molecule has 2 atom stereocenters. The summed E-state index contributed by atoms with van der Waals surface area (Å²) in [6.45, 7) is 0. The van der Waals surface area contributed by atoms with Gasteiger partial charge in [-0.2, -0.15) is 0 Å². The lowest BCUT2D eigenvalue weighted by molar-refractivity contribution is 0.0951. The molecular weight excluding hydrogens is 238 g/mol. The predicted octanol–water partition coefficient (Wildman–Crippen LogP) is 1.95. The SMILES string of the molecule is Nc1cnccc1C(=O)NC1CC1c1ccccc1. The molecule has 1 saturated carbocycles. The van der Waals surface area contributed by atoms with E-state index in [-0.39, 0.29) is 11.9 Å². The van der Waals surface area contributed by atoms with Gasteiger partial charge in [-0.25, -0.2) is 0 Å². The molecule has 1 aliphatic carbocycles. The minimum absolute atomic E-state index is 0.122. The Bertz CT molecular complexity index is 597. The van der Waals surface area contributed by atoms with Gasteiger partial charge in [-0.3, -0.25) is 9.78 Å². The van der Waals surface area contributed by atoms with Crippen molar-refractivity contribution in [2.45, 2.75) is 18.4 Å². The maximum absolute atomic E-state index is 12.1. The molecule has 1 fully saturated rings. The van der Waals surface area contributed by atoms with E-state index in [4.69, 9.17) is 5.73 Å². The van der Waals surface area contributed by atoms with Gasteiger partial charge in [0.2, 0.25) is 0 Å². The van der Waals surface area contributed by atoms with Crippen molar-refractivity contribution < 1.29 is 4.79 Å². The van der Waals surface area contributed by atoms with E-state index in [2.05, 4.69) is 22.4 Å². The van der Waals surface area contributed by atoms with E-state index in [0.29, 0.717) is 17.2 Å². The van der Waals surface area contributed by atoms with Crippen molar-refractivity contribution in [1.82, 2.24) is 10.3 Å². The monoisotopic (exact) mass is 253 g/mol. The normalized spacial score (nSPS) is 20.8. The number of hydrogen-bond acceptors (Lipinski definition) is 3. The molecule has 1 aliphatic rings. The Morgan fingerprint density at radius 2 is 2.05 bits per heavy atom. The Morgan fingerprint density at radius 1 is 1.26 bits per heavy atom. The smallest absolute Gasteiger partial charge is 0.253 e. The molecule has 3 N–H and O–H groups in total. The van der Waals surface area contributed by atoms with Crippen LogP contribution in [0.2, 0.25) is 0 Å². The molecule has 0 bridgehead atoms. The van der Waals surface area contributed by atoms with Gasteiger partial charge < -0.3 is 11.1 Å². The largest absolute Gasteiger partial charge is 0.397 e. The van der Waals surface area contributed by atoms with Crippen LogP contribution in [0.3, 0.4) is 0 Å². The Morgan fingerprint density at radius 3 is 2.79 bits per heavy atom. The van der Waals surface area contributed by atoms with E-state index in [0.717, 1.165) is 6.42 Å². The summed E-state index contributed by atoms with van der Waals surface area (Å²) in [5.74, 6) is 0.302. The second-order valence-electron chi connectivity index (χ2n) is 4.80. The number of nitrogens with zero attached hydrogens (tertiary/aromatic N) is 1. The van der Waals surface area contributed by atoms with E-state index in [1.165, 1.54) is 11.8 Å². The summed E-state index contributed by atoms with van der Waals surface area (Å²) in [7, 11) is 0. The number of nitrogen functional groups attached to an aromatic ring is 1. The quantitative estimate of drug-likeness (QED) is 0.878. The van der Waals surface area contributed by atoms with E-state index in [1.54, 1.807) is 12.3 Å². The zero-order valence-electron chi connectivity index (χ0n) is 10.4. The molecular formula is C15H15N3O. The summed E-state index contributed by atoms with van der Waals surface area (Å²) >= 11 is 0. The lowest BCUT2D eigenvalue weighted by Gasteiger charge is -2.06. The zero-order valence-corrected chi connectivity index (χ0v) is 10.4. The number of carbonyl (C=O) groups excluding carboxylic acids is 1. The molecule has 4 nitrogen and oxygen atoms in total. The molecule has 0 aliphatic heterocycles. The van der Waals surface area contributed by atoms with Crippen LogP contribution in [-0.2, 0) is 0 Å². The first-order valence-corrected chi connectivity index (χ1v) is 6.31. The fourth-order valence-electron chi connectivity index (χ4n) is 2.28. The van der Waals surface area contributed by atoms with Crippen molar-refractivity contribution in [3.8, 4) is 0 Å². The zero-order chi connectivity index (χ0) is 13.2. The summed E-state index contributed by atoms with van der Waals surface area (Å²) in [6, 6.07) is 12.1. The van der Waals surface area contributed by atoms with Gasteiger partial charge in [-0.05, 0) is 18.1 Å². The number of carbonyl (C=O) groups is 1. The molecule has 1 heterocycles. The third-order valence-electron chi connectivity index (χ3n) is 3.43. The summed E-state index contributed by atoms with van der Waals surface area (Å²) in [5.41, 5.74) is 7.92. The van der Waals surface area contributed by atoms with E-state index in [1.807, 2.05) is 18.2 Å². The van der Waals surface area contributed by atoms with Crippen molar-refractivity contribution in [2.75, 3.05) is 5.73 Å². The van der Waals surface area contributed by atoms with E-state index < -0.39 is 0 Å². The molecule has 1 aromatic carbocycles. The van der Waals surface area contributed by atoms with Gasteiger partial charge in [-0.1, -0.05) is 30.3 Å². The molecule has 96 valence electrons. The maximum Gasteiger partial charge on any atom is 0.253 e. The third kappa shape index (κ3) is 2.42. The van der Waals surface area contributed by atoms with E-state index >= 15 is 0 Å². The van der Waals surface area contributed by atoms with Gasteiger partial charge >= 0.3 is 0 Å². The highest BCUT2D eigenvalue weighted by atomic mass is 16.1. The average molecular weight is 253 g/mol. The van der Waals surface area contributed by atoms with Crippen LogP contribution in [-0.4, -0.2) is 16.9 Å². The summed E-state index contributed by atoms with van der Waals surface area (Å²) in [6.07, 6.45) is 4.06. The highest BCUT2D eigenvalue weighted by Crippen LogP contribution is 2.40. The maximum atomic E-state index is 12.1. The van der Waals surface area contributed by atoms with Gasteiger partial charge in [0.05, 0.1) is 17.4 Å². The lowest BCUT2D eigenvalue weighted by atomic mass is 10.1. The first kappa shape index (κ1) is 11.7. The number of pyridine rings is 1. The number of aromatic nitrogens is 1. The summed E-state index contributed by atoms with van der Waals surface area (Å²) in [4.78, 5) is 16.0. The molecule has 19 heavy (non-hydrogen) atoms. The first-order valence-electron chi connectivity index (χ1n) is 6.31. The number of benzene rings is 1. The van der Waals surface area contributed by atoms with Crippen LogP contribution < -0.4 is 11.1 Å². The average Bonchev–Trinajstić information content (AvgIpc) is 3.19. The molecule has 2 unspecified atom stereocenters. The van der Waals surface area contributed by atoms with Crippen LogP contribution >= 0.6 is 0 Å². The van der Waals surface area contributed by atoms with Crippen LogP contribution in [0.15, 0.2) is 48.8 Å². The predicted molar refractivity (Wildman–Crippen MR) is 73.7 cm³/mol. The fourth-order valence-corrected chi connectivity index (χ4v) is 2.28. The second kappa shape index (κ2) is 4.72. The Kier molecular flexibility index (Phi) is 2.91. The molecule has 3 rings (SSSR count). The number of hydrogen-bond donors (Lipinski definition) is 2. The second-order valence-corrected chi connectivity index (χ2v) is 4.80. The van der Waals surface area contributed by atoms with Gasteiger partial charge in [0.25, 0.3) is 5.91 Å². The number of anilines is 1. The van der Waals surface area contributed by atoms with Crippen LogP contribution in [0, 0.1) is 0 Å². The number of amides is 1. The summed E-state index contributed by atoms with van der Waals surface area (Å²) < 4.78 is 0. The number of rotatable bonds is 3. The minimum atomic E-state index is -0.122. The van der Waals surface area contributed by atoms with Gasteiger partial charge in [-0.15, -0.1) is 0 Å². The Balaban J connectivity index is 1.66. The van der Waals surface area contributed by atoms with E-state index in [9.17, 15) is 4.79 Å². The lowest BCUT2D eigenvalue weighted by Crippen LogP contribution is -2.27. The van der Waals surface area contributed by atoms with Gasteiger partial charge in [0.1, 0.15) is 0 Å². The summed E-state index contributed by atoms with van der Waals surface area (Å²) in [5, 5.41) is 3.01. The topological polar surface area (TPSA) is 68.0 Å². The number of nitrogens with two attached hydrogens (primary N) is 1. The van der Waals surface area contributed by atoms with Crippen LogP contribution in [0.1, 0.15) is 28.3 Å². The molecule has 0 spiro atoms. The molecule has 2 aromatic rings. The molecule has 0 radical (unpaired) electrons. The van der Waals surface area contributed by atoms with Crippen molar-refractivity contribution in [2.24, 2.45) is 0 Å². The van der Waals surface area contributed by atoms with Crippen LogP contribution in [0.25, 0.3) is 0 Å².